The molecule has 1 aromatic rings. The molecule has 19 heavy (non-hydrogen) atoms. The number of hydrogen-bond acceptors (Lipinski definition) is 4. The smallest absolute Gasteiger partial charge is 0.328 e. The maximum Gasteiger partial charge on any atom is 0.328 e. The van der Waals surface area contributed by atoms with E-state index < -0.39 is 0 Å². The molecule has 0 bridgehead atoms. The Labute approximate surface area is 119 Å². The third kappa shape index (κ3) is 3.80. The van der Waals surface area contributed by atoms with Crippen LogP contribution in [-0.2, 0) is 14.9 Å². The van der Waals surface area contributed by atoms with Crippen molar-refractivity contribution < 1.29 is 9.53 Å². The minimum Gasteiger partial charge on any atom is -0.468 e. The van der Waals surface area contributed by atoms with Crippen LogP contribution in [0, 0.1) is 5.92 Å². The third-order valence-electron chi connectivity index (χ3n) is 3.39. The molecule has 1 aliphatic rings. The zero-order valence-corrected chi connectivity index (χ0v) is 13.0. The Morgan fingerprint density at radius 1 is 1.47 bits per heavy atom. The van der Waals surface area contributed by atoms with E-state index in [0.29, 0.717) is 0 Å². The molecule has 1 aliphatic carbocycles. The monoisotopic (exact) mass is 281 g/mol. The van der Waals surface area contributed by atoms with E-state index in [1.165, 1.54) is 24.8 Å². The van der Waals surface area contributed by atoms with E-state index in [0.717, 1.165) is 17.3 Å². The van der Waals surface area contributed by atoms with Gasteiger partial charge in [0.25, 0.3) is 0 Å². The SMILES string of the molecule is COC(=O)C(NCC1CC1)c1ccc(C(C)(C)C)s1. The first-order valence-electron chi connectivity index (χ1n) is 6.83. The largest absolute Gasteiger partial charge is 0.468 e. The fourth-order valence-electron chi connectivity index (χ4n) is 1.94. The summed E-state index contributed by atoms with van der Waals surface area (Å²) in [6.07, 6.45) is 2.55. The lowest BCUT2D eigenvalue weighted by atomic mass is 9.95. The minimum absolute atomic E-state index is 0.125. The number of esters is 1. The number of rotatable bonds is 5. The van der Waals surface area contributed by atoms with Gasteiger partial charge in [-0.25, -0.2) is 4.79 Å². The molecule has 1 fully saturated rings. The van der Waals surface area contributed by atoms with Gasteiger partial charge in [-0.15, -0.1) is 11.3 Å². The number of methoxy groups -OCH3 is 1. The van der Waals surface area contributed by atoms with E-state index in [-0.39, 0.29) is 17.4 Å². The number of ether oxygens (including phenoxy) is 1. The first-order chi connectivity index (χ1) is 8.91. The van der Waals surface area contributed by atoms with Crippen LogP contribution in [0.1, 0.15) is 49.4 Å². The normalized spacial score (nSPS) is 17.3. The molecule has 1 N–H and O–H groups in total. The van der Waals surface area contributed by atoms with Crippen molar-refractivity contribution in [2.24, 2.45) is 5.92 Å². The molecule has 0 radical (unpaired) electrons. The van der Waals surface area contributed by atoms with Crippen molar-refractivity contribution in [3.05, 3.63) is 21.9 Å². The lowest BCUT2D eigenvalue weighted by Crippen LogP contribution is -2.30. The Hall–Kier alpha value is -0.870. The highest BCUT2D eigenvalue weighted by molar-refractivity contribution is 7.12. The van der Waals surface area contributed by atoms with Gasteiger partial charge < -0.3 is 4.74 Å². The molecule has 0 amide bonds. The summed E-state index contributed by atoms with van der Waals surface area (Å²) in [4.78, 5) is 14.3. The van der Waals surface area contributed by atoms with Gasteiger partial charge in [0.15, 0.2) is 0 Å². The molecule has 1 heterocycles. The fourth-order valence-corrected chi connectivity index (χ4v) is 3.07. The summed E-state index contributed by atoms with van der Waals surface area (Å²) in [7, 11) is 1.45. The van der Waals surface area contributed by atoms with Gasteiger partial charge in [0.1, 0.15) is 6.04 Å². The summed E-state index contributed by atoms with van der Waals surface area (Å²) in [5.74, 6) is 0.553. The Morgan fingerprint density at radius 3 is 2.63 bits per heavy atom. The van der Waals surface area contributed by atoms with E-state index in [4.69, 9.17) is 4.74 Å². The highest BCUT2D eigenvalue weighted by atomic mass is 32.1. The Bertz CT molecular complexity index is 443. The van der Waals surface area contributed by atoms with Gasteiger partial charge >= 0.3 is 5.97 Å². The number of thiophene rings is 1. The summed E-state index contributed by atoms with van der Waals surface area (Å²) >= 11 is 1.70. The second-order valence-electron chi connectivity index (χ2n) is 6.26. The molecule has 1 saturated carbocycles. The van der Waals surface area contributed by atoms with Crippen molar-refractivity contribution >= 4 is 17.3 Å². The van der Waals surface area contributed by atoms with Crippen molar-refractivity contribution in [3.8, 4) is 0 Å². The van der Waals surface area contributed by atoms with Gasteiger partial charge in [0.2, 0.25) is 0 Å². The molecule has 0 aliphatic heterocycles. The standard InChI is InChI=1S/C15H23NO2S/c1-15(2,3)12-8-7-11(19-12)13(14(17)18-4)16-9-10-5-6-10/h7-8,10,13,16H,5-6,9H2,1-4H3. The van der Waals surface area contributed by atoms with Gasteiger partial charge in [-0.1, -0.05) is 20.8 Å². The van der Waals surface area contributed by atoms with E-state index in [2.05, 4.69) is 32.2 Å². The first-order valence-corrected chi connectivity index (χ1v) is 7.65. The van der Waals surface area contributed by atoms with Gasteiger partial charge in [-0.3, -0.25) is 5.32 Å². The van der Waals surface area contributed by atoms with Crippen LogP contribution in [0.2, 0.25) is 0 Å². The zero-order valence-electron chi connectivity index (χ0n) is 12.2. The van der Waals surface area contributed by atoms with Gasteiger partial charge in [0.05, 0.1) is 7.11 Å². The molecule has 0 aromatic carbocycles. The second kappa shape index (κ2) is 5.63. The van der Waals surface area contributed by atoms with Crippen LogP contribution < -0.4 is 5.32 Å². The molecule has 106 valence electrons. The van der Waals surface area contributed by atoms with Crippen molar-refractivity contribution in [2.45, 2.75) is 45.1 Å². The number of carbonyl (C=O) groups excluding carboxylic acids is 1. The summed E-state index contributed by atoms with van der Waals surface area (Å²) in [6, 6.07) is 3.85. The molecule has 1 atom stereocenters. The molecule has 1 aromatic heterocycles. The summed E-state index contributed by atoms with van der Waals surface area (Å²) in [5.41, 5.74) is 0.125. The van der Waals surface area contributed by atoms with E-state index in [1.54, 1.807) is 11.3 Å². The number of carbonyl (C=O) groups is 1. The molecule has 3 nitrogen and oxygen atoms in total. The number of hydrogen-bond donors (Lipinski definition) is 1. The van der Waals surface area contributed by atoms with Gasteiger partial charge in [0, 0.05) is 9.75 Å². The molecular formula is C15H23NO2S. The maximum absolute atomic E-state index is 11.9. The van der Waals surface area contributed by atoms with Gasteiger partial charge in [-0.2, -0.15) is 0 Å². The van der Waals surface area contributed by atoms with Crippen LogP contribution in [0.4, 0.5) is 0 Å². The molecule has 2 rings (SSSR count). The van der Waals surface area contributed by atoms with Crippen molar-refractivity contribution in [1.29, 1.82) is 0 Å². The summed E-state index contributed by atoms with van der Waals surface area (Å²) < 4.78 is 4.92. The van der Waals surface area contributed by atoms with Crippen LogP contribution in [0.5, 0.6) is 0 Å². The van der Waals surface area contributed by atoms with E-state index in [1.807, 2.05) is 6.07 Å². The highest BCUT2D eigenvalue weighted by Crippen LogP contribution is 2.34. The predicted molar refractivity (Wildman–Crippen MR) is 78.5 cm³/mol. The Kier molecular flexibility index (Phi) is 4.31. The first kappa shape index (κ1) is 14.5. The molecule has 4 heteroatoms. The minimum atomic E-state index is -0.313. The van der Waals surface area contributed by atoms with Crippen LogP contribution >= 0.6 is 11.3 Å². The maximum atomic E-state index is 11.9. The average molecular weight is 281 g/mol. The fraction of sp³-hybridized carbons (Fsp3) is 0.667. The molecule has 0 spiro atoms. The zero-order chi connectivity index (χ0) is 14.0. The summed E-state index contributed by atoms with van der Waals surface area (Å²) in [6.45, 7) is 7.47. The van der Waals surface area contributed by atoms with Crippen LogP contribution in [-0.4, -0.2) is 19.6 Å². The van der Waals surface area contributed by atoms with Crippen molar-refractivity contribution in [2.75, 3.05) is 13.7 Å². The lowest BCUT2D eigenvalue weighted by molar-refractivity contribution is -0.143. The van der Waals surface area contributed by atoms with E-state index in [9.17, 15) is 4.79 Å². The predicted octanol–water partition coefficient (Wildman–Crippen LogP) is 3.26. The van der Waals surface area contributed by atoms with Gasteiger partial charge in [-0.05, 0) is 42.9 Å². The van der Waals surface area contributed by atoms with Crippen molar-refractivity contribution in [1.82, 2.24) is 5.32 Å². The second-order valence-corrected chi connectivity index (χ2v) is 7.38. The Morgan fingerprint density at radius 2 is 2.16 bits per heavy atom. The quantitative estimate of drug-likeness (QED) is 0.842. The van der Waals surface area contributed by atoms with Crippen molar-refractivity contribution in [3.63, 3.8) is 0 Å². The number of nitrogens with one attached hydrogen (secondary N) is 1. The summed E-state index contributed by atoms with van der Waals surface area (Å²) in [5, 5.41) is 3.35. The molecular weight excluding hydrogens is 258 g/mol. The molecule has 1 unspecified atom stereocenters. The van der Waals surface area contributed by atoms with Crippen LogP contribution in [0.15, 0.2) is 12.1 Å². The van der Waals surface area contributed by atoms with Crippen LogP contribution in [0.3, 0.4) is 0 Å². The van der Waals surface area contributed by atoms with E-state index >= 15 is 0 Å². The van der Waals surface area contributed by atoms with Crippen LogP contribution in [0.25, 0.3) is 0 Å². The Balaban J connectivity index is 2.11. The average Bonchev–Trinajstić information content (AvgIpc) is 3.02. The third-order valence-corrected chi connectivity index (χ3v) is 4.97. The molecule has 0 saturated heterocycles. The topological polar surface area (TPSA) is 38.3 Å². The highest BCUT2D eigenvalue weighted by Gasteiger charge is 2.28. The lowest BCUT2D eigenvalue weighted by Gasteiger charge is -2.17.